The molecular weight excluding hydrogens is 162 g/mol. The zero-order chi connectivity index (χ0) is 9.84. The number of hydrogen-bond donors (Lipinski definition) is 1. The van der Waals surface area contributed by atoms with E-state index < -0.39 is 0 Å². The summed E-state index contributed by atoms with van der Waals surface area (Å²) < 4.78 is 0. The lowest BCUT2D eigenvalue weighted by Gasteiger charge is -2.36. The van der Waals surface area contributed by atoms with Crippen molar-refractivity contribution >= 4 is 0 Å². The van der Waals surface area contributed by atoms with Crippen LogP contribution in [0.5, 0.6) is 0 Å². The number of likely N-dealkylation sites (tertiary alicyclic amines) is 1. The number of nitrogens with zero attached hydrogens (tertiary/aromatic N) is 2. The van der Waals surface area contributed by atoms with Gasteiger partial charge in [-0.3, -0.25) is 4.90 Å². The molecule has 0 radical (unpaired) electrons. The lowest BCUT2D eigenvalue weighted by molar-refractivity contribution is 0.137. The molecule has 0 aliphatic carbocycles. The Morgan fingerprint density at radius 1 is 1.62 bits per heavy atom. The standard InChI is InChI=1S/C10H19N3/c1-3-10(5-11)13-6-8(2)4-9(12)7-13/h8-10H,3-4,6-7,12H2,1-2H3. The fourth-order valence-corrected chi connectivity index (χ4v) is 2.13. The summed E-state index contributed by atoms with van der Waals surface area (Å²) >= 11 is 0. The minimum atomic E-state index is 0.0637. The van der Waals surface area contributed by atoms with Crippen molar-refractivity contribution in [2.45, 2.75) is 38.8 Å². The van der Waals surface area contributed by atoms with Gasteiger partial charge in [0.25, 0.3) is 0 Å². The predicted molar refractivity (Wildman–Crippen MR) is 53.0 cm³/mol. The Morgan fingerprint density at radius 2 is 2.31 bits per heavy atom. The highest BCUT2D eigenvalue weighted by Crippen LogP contribution is 2.18. The monoisotopic (exact) mass is 181 g/mol. The van der Waals surface area contributed by atoms with Crippen LogP contribution in [0.15, 0.2) is 0 Å². The molecule has 3 atom stereocenters. The Balaban J connectivity index is 2.54. The van der Waals surface area contributed by atoms with E-state index in [0.717, 1.165) is 25.9 Å². The first kappa shape index (κ1) is 10.5. The van der Waals surface area contributed by atoms with Crippen molar-refractivity contribution in [1.29, 1.82) is 5.26 Å². The summed E-state index contributed by atoms with van der Waals surface area (Å²) in [4.78, 5) is 2.22. The van der Waals surface area contributed by atoms with Gasteiger partial charge in [-0.15, -0.1) is 0 Å². The third-order valence-corrected chi connectivity index (χ3v) is 2.70. The van der Waals surface area contributed by atoms with Crippen LogP contribution in [0.2, 0.25) is 0 Å². The van der Waals surface area contributed by atoms with Crippen molar-refractivity contribution in [3.8, 4) is 6.07 Å². The van der Waals surface area contributed by atoms with Crippen LogP contribution in [-0.2, 0) is 0 Å². The van der Waals surface area contributed by atoms with Gasteiger partial charge in [0.2, 0.25) is 0 Å². The van der Waals surface area contributed by atoms with E-state index in [1.165, 1.54) is 0 Å². The van der Waals surface area contributed by atoms with E-state index in [-0.39, 0.29) is 12.1 Å². The zero-order valence-corrected chi connectivity index (χ0v) is 8.53. The fraction of sp³-hybridized carbons (Fsp3) is 0.900. The summed E-state index contributed by atoms with van der Waals surface area (Å²) in [7, 11) is 0. The third kappa shape index (κ3) is 2.68. The zero-order valence-electron chi connectivity index (χ0n) is 8.53. The largest absolute Gasteiger partial charge is 0.327 e. The van der Waals surface area contributed by atoms with Crippen LogP contribution >= 0.6 is 0 Å². The topological polar surface area (TPSA) is 53.0 Å². The van der Waals surface area contributed by atoms with Crippen LogP contribution in [0, 0.1) is 17.2 Å². The minimum absolute atomic E-state index is 0.0637. The van der Waals surface area contributed by atoms with Crippen molar-refractivity contribution in [3.63, 3.8) is 0 Å². The van der Waals surface area contributed by atoms with Crippen LogP contribution < -0.4 is 5.73 Å². The second-order valence-corrected chi connectivity index (χ2v) is 4.11. The summed E-state index contributed by atoms with van der Waals surface area (Å²) in [6.45, 7) is 6.17. The van der Waals surface area contributed by atoms with Crippen LogP contribution in [0.25, 0.3) is 0 Å². The highest BCUT2D eigenvalue weighted by Gasteiger charge is 2.26. The predicted octanol–water partition coefficient (Wildman–Crippen LogP) is 0.958. The van der Waals surface area contributed by atoms with E-state index in [9.17, 15) is 0 Å². The van der Waals surface area contributed by atoms with Gasteiger partial charge in [-0.2, -0.15) is 5.26 Å². The number of piperidine rings is 1. The van der Waals surface area contributed by atoms with Crippen LogP contribution in [0.4, 0.5) is 0 Å². The summed E-state index contributed by atoms with van der Waals surface area (Å²) in [6, 6.07) is 2.65. The molecule has 3 nitrogen and oxygen atoms in total. The SMILES string of the molecule is CCC(C#N)N1CC(C)CC(N)C1. The normalized spacial score (nSPS) is 32.5. The van der Waals surface area contributed by atoms with Gasteiger partial charge in [0.05, 0.1) is 12.1 Å². The molecule has 1 saturated heterocycles. The lowest BCUT2D eigenvalue weighted by Crippen LogP contribution is -2.50. The Hall–Kier alpha value is -0.590. The van der Waals surface area contributed by atoms with Crippen LogP contribution in [0.1, 0.15) is 26.7 Å². The number of nitriles is 1. The van der Waals surface area contributed by atoms with Gasteiger partial charge in [-0.25, -0.2) is 0 Å². The maximum atomic E-state index is 8.92. The Labute approximate surface area is 80.5 Å². The number of rotatable bonds is 2. The molecule has 1 rings (SSSR count). The summed E-state index contributed by atoms with van der Waals surface area (Å²) in [5, 5.41) is 8.92. The van der Waals surface area contributed by atoms with Crippen LogP contribution in [-0.4, -0.2) is 30.1 Å². The molecule has 74 valence electrons. The van der Waals surface area contributed by atoms with Gasteiger partial charge in [-0.05, 0) is 18.8 Å². The van der Waals surface area contributed by atoms with E-state index in [2.05, 4.69) is 24.8 Å². The van der Waals surface area contributed by atoms with Gasteiger partial charge in [-0.1, -0.05) is 13.8 Å². The molecule has 3 unspecified atom stereocenters. The Kier molecular flexibility index (Phi) is 3.71. The van der Waals surface area contributed by atoms with Crippen molar-refractivity contribution in [2.24, 2.45) is 11.7 Å². The number of nitrogens with two attached hydrogens (primary N) is 1. The molecule has 0 bridgehead atoms. The van der Waals surface area contributed by atoms with E-state index in [1.807, 2.05) is 0 Å². The van der Waals surface area contributed by atoms with E-state index in [0.29, 0.717) is 5.92 Å². The van der Waals surface area contributed by atoms with Crippen molar-refractivity contribution in [2.75, 3.05) is 13.1 Å². The molecule has 0 amide bonds. The molecule has 1 fully saturated rings. The summed E-state index contributed by atoms with van der Waals surface area (Å²) in [5.41, 5.74) is 5.91. The molecule has 0 spiro atoms. The Bertz CT molecular complexity index is 187. The molecule has 1 heterocycles. The van der Waals surface area contributed by atoms with Crippen molar-refractivity contribution < 1.29 is 0 Å². The smallest absolute Gasteiger partial charge is 0.0975 e. The molecule has 3 heteroatoms. The van der Waals surface area contributed by atoms with Gasteiger partial charge in [0, 0.05) is 19.1 Å². The molecule has 0 saturated carbocycles. The molecule has 0 aromatic carbocycles. The first-order valence-corrected chi connectivity index (χ1v) is 5.06. The average molecular weight is 181 g/mol. The second kappa shape index (κ2) is 4.59. The lowest BCUT2D eigenvalue weighted by atomic mass is 9.95. The van der Waals surface area contributed by atoms with Gasteiger partial charge in [0.1, 0.15) is 0 Å². The maximum absolute atomic E-state index is 8.92. The molecule has 2 N–H and O–H groups in total. The van der Waals surface area contributed by atoms with Crippen molar-refractivity contribution in [3.05, 3.63) is 0 Å². The number of hydrogen-bond acceptors (Lipinski definition) is 3. The minimum Gasteiger partial charge on any atom is -0.327 e. The molecule has 0 aromatic heterocycles. The van der Waals surface area contributed by atoms with E-state index in [4.69, 9.17) is 11.0 Å². The molecular formula is C10H19N3. The maximum Gasteiger partial charge on any atom is 0.0975 e. The van der Waals surface area contributed by atoms with E-state index in [1.54, 1.807) is 0 Å². The molecule has 0 aromatic rings. The quantitative estimate of drug-likeness (QED) is 0.690. The highest BCUT2D eigenvalue weighted by molar-refractivity contribution is 4.94. The Morgan fingerprint density at radius 3 is 2.77 bits per heavy atom. The first-order valence-electron chi connectivity index (χ1n) is 5.06. The first-order chi connectivity index (χ1) is 6.17. The van der Waals surface area contributed by atoms with Gasteiger partial charge in [0.15, 0.2) is 0 Å². The fourth-order valence-electron chi connectivity index (χ4n) is 2.13. The third-order valence-electron chi connectivity index (χ3n) is 2.70. The molecule has 1 aliphatic heterocycles. The summed E-state index contributed by atoms with van der Waals surface area (Å²) in [5.74, 6) is 0.631. The average Bonchev–Trinajstić information content (AvgIpc) is 2.04. The van der Waals surface area contributed by atoms with Crippen molar-refractivity contribution in [1.82, 2.24) is 4.90 Å². The van der Waals surface area contributed by atoms with Gasteiger partial charge >= 0.3 is 0 Å². The summed E-state index contributed by atoms with van der Waals surface area (Å²) in [6.07, 6.45) is 1.99. The second-order valence-electron chi connectivity index (χ2n) is 4.11. The highest BCUT2D eigenvalue weighted by atomic mass is 15.2. The van der Waals surface area contributed by atoms with E-state index >= 15 is 0 Å². The van der Waals surface area contributed by atoms with Crippen LogP contribution in [0.3, 0.4) is 0 Å². The molecule has 13 heavy (non-hydrogen) atoms. The van der Waals surface area contributed by atoms with Gasteiger partial charge < -0.3 is 5.73 Å². The molecule has 1 aliphatic rings.